The van der Waals surface area contributed by atoms with Crippen molar-refractivity contribution in [2.24, 2.45) is 5.92 Å². The summed E-state index contributed by atoms with van der Waals surface area (Å²) in [4.78, 5) is 63.7. The maximum absolute atomic E-state index is 12.7. The molecule has 4 rings (SSSR count). The number of ether oxygens (including phenoxy) is 4. The Hall–Kier alpha value is -2.48. The Morgan fingerprint density at radius 3 is 2.57 bits per heavy atom. The van der Waals surface area contributed by atoms with Gasteiger partial charge in [0.2, 0.25) is 17.7 Å². The van der Waals surface area contributed by atoms with Gasteiger partial charge in [-0.3, -0.25) is 24.5 Å². The predicted molar refractivity (Wildman–Crippen MR) is 172 cm³/mol. The van der Waals surface area contributed by atoms with E-state index in [2.05, 4.69) is 37.5 Å². The zero-order valence-corrected chi connectivity index (χ0v) is 28.7. The molecule has 1 saturated carbocycles. The molecular weight excluding hydrogens is 614 g/mol. The number of hydrogen-bond donors (Lipinski definition) is 2. The monoisotopic (exact) mass is 665 g/mol. The lowest BCUT2D eigenvalue weighted by molar-refractivity contribution is -0.138. The summed E-state index contributed by atoms with van der Waals surface area (Å²) in [5.74, 6) is -0.302. The third-order valence-corrected chi connectivity index (χ3v) is 10.6. The second-order valence-electron chi connectivity index (χ2n) is 13.2. The summed E-state index contributed by atoms with van der Waals surface area (Å²) in [6, 6.07) is -0.508. The second-order valence-corrected chi connectivity index (χ2v) is 14.3. The molecule has 4 fully saturated rings. The quantitative estimate of drug-likeness (QED) is 0.143. The van der Waals surface area contributed by atoms with Gasteiger partial charge < -0.3 is 29.2 Å². The molecule has 13 heteroatoms. The lowest BCUT2D eigenvalue weighted by Crippen LogP contribution is -2.56. The molecule has 3 saturated heterocycles. The summed E-state index contributed by atoms with van der Waals surface area (Å²) in [5.41, 5.74) is 0.436. The van der Waals surface area contributed by atoms with E-state index < -0.39 is 35.9 Å². The Balaban J connectivity index is 1.15. The maximum Gasteiger partial charge on any atom is 0.414 e. The number of alkyl carbamates (subject to hydrolysis) is 1. The summed E-state index contributed by atoms with van der Waals surface area (Å²) in [5, 5.41) is 5.16. The molecule has 1 aliphatic carbocycles. The number of methoxy groups -OCH3 is 1. The molecule has 3 heterocycles. The van der Waals surface area contributed by atoms with E-state index in [9.17, 15) is 24.0 Å². The normalized spacial score (nSPS) is 31.2. The Labute approximate surface area is 276 Å². The Morgan fingerprint density at radius 1 is 1.13 bits per heavy atom. The van der Waals surface area contributed by atoms with Crippen LogP contribution in [0.5, 0.6) is 0 Å². The molecule has 4 aliphatic rings. The SMILES string of the molecule is CCC(=O)CCCC(=O)N1CCC[C@H]1C(=O)NCCSCC(=O)NC(=O)O[C@@H]1CC[C@]2(CO2)[C@@H](C2(C)O[C@@H]2CC=C(C)C)[C@@H]1OC. The number of likely N-dealkylation sites (tertiary alicyclic amines) is 1. The van der Waals surface area contributed by atoms with Gasteiger partial charge in [-0.1, -0.05) is 18.6 Å². The molecule has 0 aromatic carbocycles. The van der Waals surface area contributed by atoms with Crippen molar-refractivity contribution in [3.8, 4) is 0 Å². The number of amides is 4. The van der Waals surface area contributed by atoms with Crippen LogP contribution in [0.25, 0.3) is 0 Å². The van der Waals surface area contributed by atoms with Gasteiger partial charge in [0.15, 0.2) is 0 Å². The molecule has 0 radical (unpaired) electrons. The summed E-state index contributed by atoms with van der Waals surface area (Å²) < 4.78 is 23.8. The predicted octanol–water partition coefficient (Wildman–Crippen LogP) is 3.31. The van der Waals surface area contributed by atoms with E-state index in [4.69, 9.17) is 18.9 Å². The van der Waals surface area contributed by atoms with Crippen molar-refractivity contribution in [1.29, 1.82) is 0 Å². The molecule has 12 nitrogen and oxygen atoms in total. The first-order chi connectivity index (χ1) is 21.9. The third kappa shape index (κ3) is 9.11. The van der Waals surface area contributed by atoms with E-state index in [-0.39, 0.29) is 47.4 Å². The fraction of sp³-hybridized carbons (Fsp3) is 0.788. The average Bonchev–Trinajstić information content (AvgIpc) is 3.86. The van der Waals surface area contributed by atoms with Gasteiger partial charge in [0.1, 0.15) is 35.2 Å². The lowest BCUT2D eigenvalue weighted by Gasteiger charge is -2.42. The van der Waals surface area contributed by atoms with Crippen LogP contribution in [0.3, 0.4) is 0 Å². The molecule has 1 unspecified atom stereocenters. The molecule has 3 aliphatic heterocycles. The highest BCUT2D eigenvalue weighted by atomic mass is 32.2. The smallest absolute Gasteiger partial charge is 0.414 e. The van der Waals surface area contributed by atoms with Crippen molar-refractivity contribution in [1.82, 2.24) is 15.5 Å². The Bertz CT molecular complexity index is 1170. The molecular formula is C33H51N3O9S. The molecule has 4 amide bonds. The molecule has 46 heavy (non-hydrogen) atoms. The number of epoxide rings is 2. The second kappa shape index (κ2) is 16.1. The van der Waals surface area contributed by atoms with E-state index in [1.165, 1.54) is 17.3 Å². The zero-order chi connectivity index (χ0) is 33.5. The van der Waals surface area contributed by atoms with E-state index >= 15 is 0 Å². The van der Waals surface area contributed by atoms with E-state index in [1.807, 2.05) is 0 Å². The van der Waals surface area contributed by atoms with E-state index in [1.54, 1.807) is 18.9 Å². The number of ketones is 1. The fourth-order valence-corrected chi connectivity index (χ4v) is 7.66. The molecule has 0 aromatic rings. The van der Waals surface area contributed by atoms with Gasteiger partial charge in [-0.15, -0.1) is 0 Å². The van der Waals surface area contributed by atoms with Crippen LogP contribution < -0.4 is 10.6 Å². The highest BCUT2D eigenvalue weighted by Crippen LogP contribution is 2.59. The minimum Gasteiger partial charge on any atom is -0.443 e. The number of nitrogens with one attached hydrogen (secondary N) is 2. The van der Waals surface area contributed by atoms with E-state index in [0.717, 1.165) is 12.8 Å². The van der Waals surface area contributed by atoms with Gasteiger partial charge in [0.25, 0.3) is 0 Å². The van der Waals surface area contributed by atoms with Gasteiger partial charge in [0, 0.05) is 45.2 Å². The van der Waals surface area contributed by atoms with E-state index in [0.29, 0.717) is 64.0 Å². The van der Waals surface area contributed by atoms with Crippen molar-refractivity contribution in [3.63, 3.8) is 0 Å². The van der Waals surface area contributed by atoms with Crippen molar-refractivity contribution in [2.75, 3.05) is 38.3 Å². The molecule has 1 spiro atoms. The summed E-state index contributed by atoms with van der Waals surface area (Å²) >= 11 is 1.28. The van der Waals surface area contributed by atoms with Crippen LogP contribution in [0.4, 0.5) is 4.79 Å². The fourth-order valence-electron chi connectivity index (χ4n) is 7.01. The van der Waals surface area contributed by atoms with Crippen LogP contribution in [0, 0.1) is 5.92 Å². The van der Waals surface area contributed by atoms with Crippen molar-refractivity contribution < 1.29 is 42.9 Å². The van der Waals surface area contributed by atoms with Gasteiger partial charge in [-0.2, -0.15) is 11.8 Å². The van der Waals surface area contributed by atoms with Crippen LogP contribution in [-0.2, 0) is 38.1 Å². The largest absolute Gasteiger partial charge is 0.443 e. The number of carbonyl (C=O) groups excluding carboxylic acids is 5. The van der Waals surface area contributed by atoms with Crippen molar-refractivity contribution >= 4 is 41.4 Å². The van der Waals surface area contributed by atoms with Crippen LogP contribution in [0.1, 0.15) is 85.5 Å². The lowest BCUT2D eigenvalue weighted by atomic mass is 9.68. The topological polar surface area (TPSA) is 156 Å². The van der Waals surface area contributed by atoms with Crippen LogP contribution in [0.2, 0.25) is 0 Å². The molecule has 0 bridgehead atoms. The van der Waals surface area contributed by atoms with Crippen LogP contribution in [0.15, 0.2) is 11.6 Å². The minimum atomic E-state index is -0.814. The average molecular weight is 666 g/mol. The number of thioether (sulfide) groups is 1. The van der Waals surface area contributed by atoms with Crippen LogP contribution >= 0.6 is 11.8 Å². The number of hydrogen-bond acceptors (Lipinski definition) is 10. The van der Waals surface area contributed by atoms with Gasteiger partial charge >= 0.3 is 6.09 Å². The highest BCUT2D eigenvalue weighted by molar-refractivity contribution is 7.99. The number of carbonyl (C=O) groups is 5. The number of rotatable bonds is 16. The summed E-state index contributed by atoms with van der Waals surface area (Å²) in [7, 11) is 1.60. The molecule has 2 N–H and O–H groups in total. The van der Waals surface area contributed by atoms with Crippen LogP contribution in [-0.4, -0.2) is 108 Å². The first-order valence-electron chi connectivity index (χ1n) is 16.6. The molecule has 0 aromatic heterocycles. The minimum absolute atomic E-state index is 0.0192. The van der Waals surface area contributed by atoms with Crippen molar-refractivity contribution in [3.05, 3.63) is 11.6 Å². The summed E-state index contributed by atoms with van der Waals surface area (Å²) in [6.07, 6.45) is 5.43. The van der Waals surface area contributed by atoms with Crippen molar-refractivity contribution in [2.45, 2.75) is 121 Å². The Kier molecular flexibility index (Phi) is 12.7. The van der Waals surface area contributed by atoms with Gasteiger partial charge in [-0.05, 0) is 59.3 Å². The number of allylic oxidation sites excluding steroid dienone is 1. The summed E-state index contributed by atoms with van der Waals surface area (Å²) in [6.45, 7) is 9.48. The third-order valence-electron chi connectivity index (χ3n) is 9.63. The molecule has 258 valence electrons. The number of Topliss-reactive ketones (excluding diaryl/α,β-unsaturated/α-hetero) is 1. The number of imide groups is 1. The molecule has 7 atom stereocenters. The van der Waals surface area contributed by atoms with Gasteiger partial charge in [0.05, 0.1) is 24.4 Å². The van der Waals surface area contributed by atoms with Gasteiger partial charge in [-0.25, -0.2) is 4.79 Å². The zero-order valence-electron chi connectivity index (χ0n) is 27.9. The first kappa shape index (κ1) is 36.4. The standard InChI is InChI=1S/C33H51N3O9S/c1-6-22(37)9-7-11-27(39)36-17-8-10-23(36)30(40)34-16-18-46-19-26(38)35-31(41)44-24-14-15-33(20-43-33)29(28(24)42-5)32(4)25(45-32)13-12-21(2)3/h12,23-25,28-29H,6-11,13-20H2,1-5H3,(H,34,40)(H,35,38,41)/t23-,24+,25+,28+,29+,32?,33-/m0/s1. The highest BCUT2D eigenvalue weighted by Gasteiger charge is 2.72. The maximum atomic E-state index is 12.7. The Morgan fingerprint density at radius 2 is 1.89 bits per heavy atom. The number of nitrogens with zero attached hydrogens (tertiary/aromatic N) is 1. The first-order valence-corrected chi connectivity index (χ1v) is 17.7.